The molecule has 0 saturated heterocycles. The first-order chi connectivity index (χ1) is 5.25. The Morgan fingerprint density at radius 2 is 2.27 bits per heavy atom. The van der Waals surface area contributed by atoms with Crippen molar-refractivity contribution in [1.29, 1.82) is 0 Å². The number of rotatable bonds is 2. The van der Waals surface area contributed by atoms with Crippen LogP contribution in [0, 0.1) is 0 Å². The average molecular weight is 151 g/mol. The van der Waals surface area contributed by atoms with Crippen LogP contribution in [0.5, 0.6) is 0 Å². The lowest BCUT2D eigenvalue weighted by Gasteiger charge is -2.18. The number of nitrogens with one attached hydrogen (secondary N) is 1. The third-order valence-electron chi connectivity index (χ3n) is 2.38. The highest BCUT2D eigenvalue weighted by atomic mass is 14.9. The zero-order valence-corrected chi connectivity index (χ0v) is 7.65. The fourth-order valence-electron chi connectivity index (χ4n) is 1.47. The minimum Gasteiger partial charge on any atom is -0.313 e. The molecule has 0 bridgehead atoms. The minimum atomic E-state index is 0.506. The van der Waals surface area contributed by atoms with E-state index in [4.69, 9.17) is 0 Å². The average Bonchev–Trinajstić information content (AvgIpc) is 2.04. The summed E-state index contributed by atoms with van der Waals surface area (Å²) in [6.45, 7) is 4.43. The SMILES string of the molecule is CN[C@@H](C)C1=C(C)CCC=C1. The van der Waals surface area contributed by atoms with Gasteiger partial charge >= 0.3 is 0 Å². The molecule has 0 aliphatic heterocycles. The molecule has 1 heteroatoms. The van der Waals surface area contributed by atoms with Gasteiger partial charge in [-0.05, 0) is 39.3 Å². The topological polar surface area (TPSA) is 12.0 Å². The smallest absolute Gasteiger partial charge is 0.0288 e. The maximum atomic E-state index is 3.26. The molecule has 0 unspecified atom stereocenters. The predicted molar refractivity (Wildman–Crippen MR) is 49.6 cm³/mol. The summed E-state index contributed by atoms with van der Waals surface area (Å²) >= 11 is 0. The van der Waals surface area contributed by atoms with Crippen molar-refractivity contribution in [3.63, 3.8) is 0 Å². The van der Waals surface area contributed by atoms with Gasteiger partial charge in [-0.25, -0.2) is 0 Å². The first-order valence-corrected chi connectivity index (χ1v) is 4.29. The normalized spacial score (nSPS) is 20.6. The van der Waals surface area contributed by atoms with Gasteiger partial charge < -0.3 is 5.32 Å². The molecule has 0 saturated carbocycles. The van der Waals surface area contributed by atoms with Gasteiger partial charge in [0, 0.05) is 6.04 Å². The van der Waals surface area contributed by atoms with Crippen molar-refractivity contribution < 1.29 is 0 Å². The lowest BCUT2D eigenvalue weighted by Crippen LogP contribution is -2.24. The first kappa shape index (κ1) is 8.54. The minimum absolute atomic E-state index is 0.506. The number of allylic oxidation sites excluding steroid dienone is 2. The first-order valence-electron chi connectivity index (χ1n) is 4.29. The summed E-state index contributed by atoms with van der Waals surface area (Å²) < 4.78 is 0. The molecule has 1 aliphatic rings. The van der Waals surface area contributed by atoms with Crippen LogP contribution in [0.25, 0.3) is 0 Å². The molecule has 0 aromatic carbocycles. The van der Waals surface area contributed by atoms with E-state index in [0.29, 0.717) is 6.04 Å². The van der Waals surface area contributed by atoms with Gasteiger partial charge in [-0.3, -0.25) is 0 Å². The highest BCUT2D eigenvalue weighted by Gasteiger charge is 2.08. The molecule has 0 radical (unpaired) electrons. The van der Waals surface area contributed by atoms with Crippen LogP contribution in [0.2, 0.25) is 0 Å². The van der Waals surface area contributed by atoms with E-state index in [1.54, 1.807) is 0 Å². The Bertz CT molecular complexity index is 189. The van der Waals surface area contributed by atoms with Crippen LogP contribution >= 0.6 is 0 Å². The highest BCUT2D eigenvalue weighted by Crippen LogP contribution is 2.20. The molecule has 0 heterocycles. The zero-order valence-electron chi connectivity index (χ0n) is 7.65. The predicted octanol–water partition coefficient (Wildman–Crippen LogP) is 2.26. The van der Waals surface area contributed by atoms with Gasteiger partial charge in [0.1, 0.15) is 0 Å². The molecule has 0 aromatic rings. The number of hydrogen-bond acceptors (Lipinski definition) is 1. The van der Waals surface area contributed by atoms with Crippen molar-refractivity contribution >= 4 is 0 Å². The third-order valence-corrected chi connectivity index (χ3v) is 2.38. The Balaban J connectivity index is 2.75. The van der Waals surface area contributed by atoms with Gasteiger partial charge in [0.2, 0.25) is 0 Å². The van der Waals surface area contributed by atoms with Gasteiger partial charge in [0.15, 0.2) is 0 Å². The number of hydrogen-bond donors (Lipinski definition) is 1. The van der Waals surface area contributed by atoms with Crippen molar-refractivity contribution in [3.8, 4) is 0 Å². The number of likely N-dealkylation sites (N-methyl/N-ethyl adjacent to an activating group) is 1. The van der Waals surface area contributed by atoms with Gasteiger partial charge in [0.25, 0.3) is 0 Å². The molecule has 1 aliphatic carbocycles. The summed E-state index contributed by atoms with van der Waals surface area (Å²) in [6, 6.07) is 0.506. The van der Waals surface area contributed by atoms with Crippen LogP contribution in [0.4, 0.5) is 0 Å². The van der Waals surface area contributed by atoms with Crippen LogP contribution < -0.4 is 5.32 Å². The Kier molecular flexibility index (Phi) is 2.89. The maximum Gasteiger partial charge on any atom is 0.0288 e. The molecule has 0 amide bonds. The van der Waals surface area contributed by atoms with Crippen molar-refractivity contribution in [2.45, 2.75) is 32.7 Å². The molecule has 1 N–H and O–H groups in total. The molecule has 0 aromatic heterocycles. The monoisotopic (exact) mass is 151 g/mol. The Morgan fingerprint density at radius 3 is 2.82 bits per heavy atom. The van der Waals surface area contributed by atoms with E-state index in [1.165, 1.54) is 24.0 Å². The molecule has 1 atom stereocenters. The molecule has 1 rings (SSSR count). The van der Waals surface area contributed by atoms with Gasteiger partial charge in [-0.15, -0.1) is 0 Å². The molecule has 11 heavy (non-hydrogen) atoms. The molecular weight excluding hydrogens is 134 g/mol. The van der Waals surface area contributed by atoms with Crippen LogP contribution in [0.3, 0.4) is 0 Å². The highest BCUT2D eigenvalue weighted by molar-refractivity contribution is 5.32. The van der Waals surface area contributed by atoms with Gasteiger partial charge in [0.05, 0.1) is 0 Å². The van der Waals surface area contributed by atoms with Crippen molar-refractivity contribution in [2.24, 2.45) is 0 Å². The van der Waals surface area contributed by atoms with Gasteiger partial charge in [-0.1, -0.05) is 17.7 Å². The second-order valence-electron chi connectivity index (χ2n) is 3.19. The van der Waals surface area contributed by atoms with Crippen LogP contribution in [-0.4, -0.2) is 13.1 Å². The second kappa shape index (κ2) is 3.72. The lowest BCUT2D eigenvalue weighted by molar-refractivity contribution is 0.688. The zero-order chi connectivity index (χ0) is 8.27. The van der Waals surface area contributed by atoms with E-state index < -0.39 is 0 Å². The van der Waals surface area contributed by atoms with Crippen molar-refractivity contribution in [2.75, 3.05) is 7.05 Å². The Labute approximate surface area is 69.2 Å². The van der Waals surface area contributed by atoms with Crippen LogP contribution in [0.1, 0.15) is 26.7 Å². The summed E-state index contributed by atoms with van der Waals surface area (Å²) in [5.41, 5.74) is 3.01. The summed E-state index contributed by atoms with van der Waals surface area (Å²) in [5, 5.41) is 3.26. The van der Waals surface area contributed by atoms with Crippen molar-refractivity contribution in [3.05, 3.63) is 23.3 Å². The van der Waals surface area contributed by atoms with E-state index >= 15 is 0 Å². The standard InChI is InChI=1S/C10H17N/c1-8-6-4-5-7-10(8)9(2)11-3/h5,7,9,11H,4,6H2,1-3H3/t9-/m0/s1. The van der Waals surface area contributed by atoms with Crippen LogP contribution in [-0.2, 0) is 0 Å². The Hall–Kier alpha value is -0.560. The summed E-state index contributed by atoms with van der Waals surface area (Å²) in [4.78, 5) is 0. The fraction of sp³-hybridized carbons (Fsp3) is 0.600. The molecular formula is C10H17N. The summed E-state index contributed by atoms with van der Waals surface area (Å²) in [5.74, 6) is 0. The second-order valence-corrected chi connectivity index (χ2v) is 3.19. The van der Waals surface area contributed by atoms with E-state index in [1.807, 2.05) is 7.05 Å². The largest absolute Gasteiger partial charge is 0.313 e. The molecule has 62 valence electrons. The quantitative estimate of drug-likeness (QED) is 0.638. The molecule has 0 spiro atoms. The van der Waals surface area contributed by atoms with E-state index in [9.17, 15) is 0 Å². The maximum absolute atomic E-state index is 3.26. The third kappa shape index (κ3) is 1.93. The van der Waals surface area contributed by atoms with Gasteiger partial charge in [-0.2, -0.15) is 0 Å². The van der Waals surface area contributed by atoms with E-state index in [0.717, 1.165) is 0 Å². The lowest BCUT2D eigenvalue weighted by atomic mass is 9.94. The molecule has 1 nitrogen and oxygen atoms in total. The van der Waals surface area contributed by atoms with E-state index in [2.05, 4.69) is 31.3 Å². The fourth-order valence-corrected chi connectivity index (χ4v) is 1.47. The van der Waals surface area contributed by atoms with E-state index in [-0.39, 0.29) is 0 Å². The Morgan fingerprint density at radius 1 is 1.55 bits per heavy atom. The molecule has 0 fully saturated rings. The summed E-state index contributed by atoms with van der Waals surface area (Å²) in [7, 11) is 2.01. The van der Waals surface area contributed by atoms with Crippen molar-refractivity contribution in [1.82, 2.24) is 5.32 Å². The summed E-state index contributed by atoms with van der Waals surface area (Å²) in [6.07, 6.45) is 6.96. The van der Waals surface area contributed by atoms with Crippen LogP contribution in [0.15, 0.2) is 23.3 Å².